The Morgan fingerprint density at radius 3 is 2.90 bits per heavy atom. The van der Waals surface area contributed by atoms with Crippen LogP contribution < -0.4 is 0 Å². The highest BCUT2D eigenvalue weighted by molar-refractivity contribution is 5.42. The molecular weight excluding hydrogens is 258 g/mol. The van der Waals surface area contributed by atoms with Crippen molar-refractivity contribution >= 4 is 0 Å². The van der Waals surface area contributed by atoms with Crippen molar-refractivity contribution in [1.29, 1.82) is 0 Å². The van der Waals surface area contributed by atoms with Gasteiger partial charge in [0.2, 0.25) is 0 Å². The summed E-state index contributed by atoms with van der Waals surface area (Å²) in [6.07, 6.45) is 6.47. The van der Waals surface area contributed by atoms with Crippen LogP contribution in [0.5, 0.6) is 0 Å². The van der Waals surface area contributed by atoms with Crippen molar-refractivity contribution in [1.82, 2.24) is 15.0 Å². The summed E-state index contributed by atoms with van der Waals surface area (Å²) in [6, 6.07) is 4.10. The van der Waals surface area contributed by atoms with Crippen molar-refractivity contribution in [3.8, 4) is 11.7 Å². The van der Waals surface area contributed by atoms with E-state index in [0.29, 0.717) is 36.6 Å². The Kier molecular flexibility index (Phi) is 4.13. The molecule has 1 fully saturated rings. The minimum absolute atomic E-state index is 0.152. The van der Waals surface area contributed by atoms with Gasteiger partial charge in [0.15, 0.2) is 11.6 Å². The third-order valence-electron chi connectivity index (χ3n) is 3.77. The molecule has 2 aromatic rings. The van der Waals surface area contributed by atoms with Gasteiger partial charge in [0.25, 0.3) is 5.89 Å². The highest BCUT2D eigenvalue weighted by Crippen LogP contribution is 2.25. The van der Waals surface area contributed by atoms with Gasteiger partial charge in [0, 0.05) is 12.6 Å². The van der Waals surface area contributed by atoms with Crippen LogP contribution in [0.15, 0.2) is 27.3 Å². The zero-order chi connectivity index (χ0) is 13.8. The number of aliphatic hydroxyl groups excluding tert-OH is 1. The smallest absolute Gasteiger partial charge is 0.293 e. The van der Waals surface area contributed by atoms with E-state index in [1.165, 1.54) is 25.7 Å². The monoisotopic (exact) mass is 277 g/mol. The summed E-state index contributed by atoms with van der Waals surface area (Å²) in [4.78, 5) is 6.59. The molecule has 2 aromatic heterocycles. The largest absolute Gasteiger partial charge is 0.459 e. The summed E-state index contributed by atoms with van der Waals surface area (Å²) < 4.78 is 10.4. The van der Waals surface area contributed by atoms with Crippen molar-refractivity contribution in [2.75, 3.05) is 13.2 Å². The van der Waals surface area contributed by atoms with Gasteiger partial charge < -0.3 is 14.0 Å². The van der Waals surface area contributed by atoms with Gasteiger partial charge in [0.1, 0.15) is 0 Å². The van der Waals surface area contributed by atoms with E-state index >= 15 is 0 Å². The Bertz CT molecular complexity index is 518. The summed E-state index contributed by atoms with van der Waals surface area (Å²) in [6.45, 7) is 1.41. The number of nitrogens with zero attached hydrogens (tertiary/aromatic N) is 3. The van der Waals surface area contributed by atoms with Crippen molar-refractivity contribution < 1.29 is 14.0 Å². The molecule has 0 saturated heterocycles. The van der Waals surface area contributed by atoms with Gasteiger partial charge in [-0.1, -0.05) is 18.0 Å². The van der Waals surface area contributed by atoms with Crippen LogP contribution >= 0.6 is 0 Å². The molecule has 0 amide bonds. The van der Waals surface area contributed by atoms with Gasteiger partial charge in [-0.2, -0.15) is 4.98 Å². The first kappa shape index (κ1) is 13.3. The summed E-state index contributed by atoms with van der Waals surface area (Å²) in [5.41, 5.74) is 0. The topological polar surface area (TPSA) is 75.5 Å². The lowest BCUT2D eigenvalue weighted by Gasteiger charge is -2.26. The van der Waals surface area contributed by atoms with Crippen LogP contribution in [0.1, 0.15) is 31.5 Å². The number of hydrogen-bond donors (Lipinski definition) is 1. The molecule has 2 heterocycles. The highest BCUT2D eigenvalue weighted by Gasteiger charge is 2.24. The minimum atomic E-state index is 0.152. The Morgan fingerprint density at radius 2 is 2.20 bits per heavy atom. The number of rotatable bonds is 6. The number of aliphatic hydroxyl groups is 1. The maximum absolute atomic E-state index is 9.21. The average Bonchev–Trinajstić information content (AvgIpc) is 3.20. The van der Waals surface area contributed by atoms with E-state index in [9.17, 15) is 5.11 Å². The molecule has 0 bridgehead atoms. The second-order valence-electron chi connectivity index (χ2n) is 5.13. The van der Waals surface area contributed by atoms with Crippen LogP contribution in [0.3, 0.4) is 0 Å². The highest BCUT2D eigenvalue weighted by atomic mass is 16.5. The molecule has 108 valence electrons. The molecule has 1 aliphatic rings. The molecule has 0 aromatic carbocycles. The van der Waals surface area contributed by atoms with E-state index in [1.54, 1.807) is 18.4 Å². The average molecular weight is 277 g/mol. The molecule has 20 heavy (non-hydrogen) atoms. The lowest BCUT2D eigenvalue weighted by Crippen LogP contribution is -2.35. The lowest BCUT2D eigenvalue weighted by atomic mass is 10.2. The zero-order valence-electron chi connectivity index (χ0n) is 11.4. The Labute approximate surface area is 117 Å². The lowest BCUT2D eigenvalue weighted by molar-refractivity contribution is 0.140. The molecule has 0 radical (unpaired) electrons. The van der Waals surface area contributed by atoms with Crippen LogP contribution in [-0.2, 0) is 6.54 Å². The van der Waals surface area contributed by atoms with Gasteiger partial charge in [-0.3, -0.25) is 4.90 Å². The molecule has 0 aliphatic heterocycles. The Morgan fingerprint density at radius 1 is 1.35 bits per heavy atom. The van der Waals surface area contributed by atoms with Crippen LogP contribution in [0, 0.1) is 0 Å². The van der Waals surface area contributed by atoms with Crippen molar-refractivity contribution in [2.24, 2.45) is 0 Å². The second-order valence-corrected chi connectivity index (χ2v) is 5.13. The van der Waals surface area contributed by atoms with Crippen molar-refractivity contribution in [3.05, 3.63) is 24.2 Å². The third kappa shape index (κ3) is 2.91. The number of furan rings is 1. The van der Waals surface area contributed by atoms with E-state index in [2.05, 4.69) is 15.0 Å². The number of aromatic nitrogens is 2. The summed E-state index contributed by atoms with van der Waals surface area (Å²) in [7, 11) is 0. The molecule has 3 rings (SSSR count). The Balaban J connectivity index is 1.68. The summed E-state index contributed by atoms with van der Waals surface area (Å²) in [5.74, 6) is 1.62. The van der Waals surface area contributed by atoms with Crippen LogP contribution in [0.25, 0.3) is 11.7 Å². The van der Waals surface area contributed by atoms with Crippen molar-refractivity contribution in [2.45, 2.75) is 38.3 Å². The zero-order valence-corrected chi connectivity index (χ0v) is 11.4. The molecule has 0 spiro atoms. The third-order valence-corrected chi connectivity index (χ3v) is 3.77. The normalized spacial score (nSPS) is 16.3. The molecule has 1 saturated carbocycles. The molecule has 0 atom stereocenters. The summed E-state index contributed by atoms with van der Waals surface area (Å²) >= 11 is 0. The standard InChI is InChI=1S/C14H19N3O3/c18-8-7-17(11-4-1-2-5-11)10-13-15-14(20-16-13)12-6-3-9-19-12/h3,6,9,11,18H,1-2,4-5,7-8,10H2. The van der Waals surface area contributed by atoms with Gasteiger partial charge >= 0.3 is 0 Å². The molecule has 1 aliphatic carbocycles. The molecule has 6 heteroatoms. The fourth-order valence-electron chi connectivity index (χ4n) is 2.79. The minimum Gasteiger partial charge on any atom is -0.459 e. The van der Waals surface area contributed by atoms with E-state index in [1.807, 2.05) is 0 Å². The Hall–Kier alpha value is -1.66. The first-order valence-electron chi connectivity index (χ1n) is 7.08. The predicted molar refractivity (Wildman–Crippen MR) is 71.8 cm³/mol. The molecular formula is C14H19N3O3. The fraction of sp³-hybridized carbons (Fsp3) is 0.571. The predicted octanol–water partition coefficient (Wildman–Crippen LogP) is 2.07. The van der Waals surface area contributed by atoms with Crippen LogP contribution in [0.2, 0.25) is 0 Å². The number of hydrogen-bond acceptors (Lipinski definition) is 6. The first-order valence-corrected chi connectivity index (χ1v) is 7.08. The van der Waals surface area contributed by atoms with E-state index in [0.717, 1.165) is 0 Å². The molecule has 1 N–H and O–H groups in total. The van der Waals surface area contributed by atoms with Crippen molar-refractivity contribution in [3.63, 3.8) is 0 Å². The SMILES string of the molecule is OCCN(Cc1noc(-c2ccco2)n1)C1CCCC1. The molecule has 0 unspecified atom stereocenters. The van der Waals surface area contributed by atoms with E-state index < -0.39 is 0 Å². The van der Waals surface area contributed by atoms with Gasteiger partial charge in [-0.15, -0.1) is 0 Å². The maximum atomic E-state index is 9.21. The van der Waals surface area contributed by atoms with Crippen LogP contribution in [0.4, 0.5) is 0 Å². The molecule has 6 nitrogen and oxygen atoms in total. The maximum Gasteiger partial charge on any atom is 0.293 e. The van der Waals surface area contributed by atoms with Gasteiger partial charge in [-0.25, -0.2) is 0 Å². The van der Waals surface area contributed by atoms with Gasteiger partial charge in [0.05, 0.1) is 19.4 Å². The van der Waals surface area contributed by atoms with E-state index in [4.69, 9.17) is 8.94 Å². The van der Waals surface area contributed by atoms with E-state index in [-0.39, 0.29) is 6.61 Å². The van der Waals surface area contributed by atoms with Gasteiger partial charge in [-0.05, 0) is 25.0 Å². The fourth-order valence-corrected chi connectivity index (χ4v) is 2.79. The first-order chi connectivity index (χ1) is 9.86. The van der Waals surface area contributed by atoms with Crippen LogP contribution in [-0.4, -0.2) is 39.3 Å². The summed E-state index contributed by atoms with van der Waals surface area (Å²) in [5, 5.41) is 13.2. The quantitative estimate of drug-likeness (QED) is 0.871. The second kappa shape index (κ2) is 6.19.